The number of rotatable bonds is 3. The van der Waals surface area contributed by atoms with Gasteiger partial charge in [-0.15, -0.1) is 0 Å². The minimum atomic E-state index is -0.242. The van der Waals surface area contributed by atoms with E-state index in [1.165, 1.54) is 4.57 Å². The molecule has 6 heteroatoms. The molecule has 0 saturated carbocycles. The molecule has 0 aliphatic carbocycles. The molecule has 4 aromatic rings. The van der Waals surface area contributed by atoms with E-state index in [9.17, 15) is 9.59 Å². The molecule has 0 atom stereocenters. The SMILES string of the molecule is Cc1cc(C)c(NC(=O)Cn2c(=O)c3ccccc3n3nc(C)cc23)c(C)c1. The van der Waals surface area contributed by atoms with E-state index in [2.05, 4.69) is 10.4 Å². The van der Waals surface area contributed by atoms with Gasteiger partial charge in [0.2, 0.25) is 5.91 Å². The minimum Gasteiger partial charge on any atom is -0.324 e. The van der Waals surface area contributed by atoms with Crippen molar-refractivity contribution in [3.05, 3.63) is 75.2 Å². The Morgan fingerprint density at radius 1 is 1.04 bits per heavy atom. The number of hydrogen-bond acceptors (Lipinski definition) is 3. The smallest absolute Gasteiger partial charge is 0.262 e. The van der Waals surface area contributed by atoms with Gasteiger partial charge in [0.1, 0.15) is 12.2 Å². The van der Waals surface area contributed by atoms with Crippen LogP contribution in [0.25, 0.3) is 16.6 Å². The van der Waals surface area contributed by atoms with Crippen molar-refractivity contribution in [3.63, 3.8) is 0 Å². The first kappa shape index (κ1) is 18.0. The van der Waals surface area contributed by atoms with Crippen molar-refractivity contribution in [2.75, 3.05) is 5.32 Å². The predicted octanol–water partition coefficient (Wildman–Crippen LogP) is 3.52. The summed E-state index contributed by atoms with van der Waals surface area (Å²) in [5.74, 6) is -0.242. The Hall–Kier alpha value is -3.41. The van der Waals surface area contributed by atoms with Crippen LogP contribution in [0, 0.1) is 27.7 Å². The maximum atomic E-state index is 13.1. The molecular weight excluding hydrogens is 352 g/mol. The number of anilines is 1. The molecular formula is C22H22N4O2. The van der Waals surface area contributed by atoms with Gasteiger partial charge in [0.15, 0.2) is 0 Å². The molecule has 0 spiro atoms. The molecule has 1 N–H and O–H groups in total. The second kappa shape index (κ2) is 6.64. The molecule has 2 aromatic carbocycles. The van der Waals surface area contributed by atoms with Gasteiger partial charge in [0.05, 0.1) is 16.6 Å². The summed E-state index contributed by atoms with van der Waals surface area (Å²) in [4.78, 5) is 25.9. The Morgan fingerprint density at radius 3 is 2.43 bits per heavy atom. The Morgan fingerprint density at radius 2 is 1.71 bits per heavy atom. The third-order valence-electron chi connectivity index (χ3n) is 4.94. The predicted molar refractivity (Wildman–Crippen MR) is 111 cm³/mol. The second-order valence-electron chi connectivity index (χ2n) is 7.29. The van der Waals surface area contributed by atoms with Gasteiger partial charge in [-0.3, -0.25) is 14.2 Å². The maximum absolute atomic E-state index is 13.1. The molecule has 0 aliphatic rings. The molecule has 0 radical (unpaired) electrons. The number of nitrogens with zero attached hydrogens (tertiary/aromatic N) is 3. The first-order chi connectivity index (χ1) is 13.3. The number of fused-ring (bicyclic) bond motifs is 3. The number of hydrogen-bond donors (Lipinski definition) is 1. The standard InChI is InChI=1S/C22H22N4O2/c1-13-9-14(2)21(15(3)10-13)23-19(27)12-25-20-11-16(4)24-26(20)18-8-6-5-7-17(18)22(25)28/h5-11H,12H2,1-4H3,(H,23,27). The zero-order valence-corrected chi connectivity index (χ0v) is 16.4. The molecule has 0 bridgehead atoms. The van der Waals surface area contributed by atoms with Crippen LogP contribution in [0.3, 0.4) is 0 Å². The Balaban J connectivity index is 1.78. The van der Waals surface area contributed by atoms with Crippen molar-refractivity contribution in [1.82, 2.24) is 14.2 Å². The summed E-state index contributed by atoms with van der Waals surface area (Å²) in [6.45, 7) is 7.76. The van der Waals surface area contributed by atoms with Crippen molar-refractivity contribution in [2.24, 2.45) is 0 Å². The lowest BCUT2D eigenvalue weighted by molar-refractivity contribution is -0.116. The third kappa shape index (κ3) is 2.97. The van der Waals surface area contributed by atoms with Crippen LogP contribution in [-0.2, 0) is 11.3 Å². The van der Waals surface area contributed by atoms with E-state index < -0.39 is 0 Å². The monoisotopic (exact) mass is 374 g/mol. The van der Waals surface area contributed by atoms with Crippen LogP contribution in [0.5, 0.6) is 0 Å². The number of amides is 1. The van der Waals surface area contributed by atoms with Crippen molar-refractivity contribution < 1.29 is 4.79 Å². The maximum Gasteiger partial charge on any atom is 0.262 e. The van der Waals surface area contributed by atoms with Crippen LogP contribution in [0.1, 0.15) is 22.4 Å². The normalized spacial score (nSPS) is 11.3. The van der Waals surface area contributed by atoms with Crippen LogP contribution >= 0.6 is 0 Å². The largest absolute Gasteiger partial charge is 0.324 e. The quantitative estimate of drug-likeness (QED) is 0.597. The molecule has 28 heavy (non-hydrogen) atoms. The number of para-hydroxylation sites is 1. The van der Waals surface area contributed by atoms with Gasteiger partial charge >= 0.3 is 0 Å². The second-order valence-corrected chi connectivity index (χ2v) is 7.29. The lowest BCUT2D eigenvalue weighted by atomic mass is 10.1. The van der Waals surface area contributed by atoms with Crippen molar-refractivity contribution in [3.8, 4) is 0 Å². The van der Waals surface area contributed by atoms with Gasteiger partial charge < -0.3 is 5.32 Å². The zero-order valence-electron chi connectivity index (χ0n) is 16.4. The lowest BCUT2D eigenvalue weighted by Crippen LogP contribution is -2.29. The fraction of sp³-hybridized carbons (Fsp3) is 0.227. The minimum absolute atomic E-state index is 0.0783. The number of benzene rings is 2. The number of nitrogens with one attached hydrogen (secondary N) is 1. The Labute approximate surface area is 162 Å². The molecule has 0 aliphatic heterocycles. The van der Waals surface area contributed by atoms with Crippen molar-refractivity contribution in [1.29, 1.82) is 0 Å². The Bertz CT molecular complexity index is 1270. The van der Waals surface area contributed by atoms with E-state index in [1.54, 1.807) is 10.6 Å². The van der Waals surface area contributed by atoms with E-state index in [4.69, 9.17) is 0 Å². The van der Waals surface area contributed by atoms with Crippen molar-refractivity contribution >= 4 is 28.1 Å². The van der Waals surface area contributed by atoms with Gasteiger partial charge in [-0.2, -0.15) is 5.10 Å². The molecule has 1 amide bonds. The summed E-state index contributed by atoms with van der Waals surface area (Å²) in [5, 5.41) is 8.01. The van der Waals surface area contributed by atoms with Gasteiger partial charge in [-0.05, 0) is 51.0 Å². The number of carbonyl (C=O) groups is 1. The number of aromatic nitrogens is 3. The molecule has 0 saturated heterocycles. The van der Waals surface area contributed by atoms with Gasteiger partial charge in [-0.25, -0.2) is 4.52 Å². The third-order valence-corrected chi connectivity index (χ3v) is 4.94. The van der Waals surface area contributed by atoms with Crippen LogP contribution in [0.4, 0.5) is 5.69 Å². The number of aryl methyl sites for hydroxylation is 4. The summed E-state index contributed by atoms with van der Waals surface area (Å²) >= 11 is 0. The highest BCUT2D eigenvalue weighted by Gasteiger charge is 2.16. The highest BCUT2D eigenvalue weighted by molar-refractivity contribution is 5.93. The van der Waals surface area contributed by atoms with E-state index in [0.29, 0.717) is 11.0 Å². The first-order valence-corrected chi connectivity index (χ1v) is 9.21. The fourth-order valence-corrected chi connectivity index (χ4v) is 3.80. The van der Waals surface area contributed by atoms with Crippen molar-refractivity contribution in [2.45, 2.75) is 34.2 Å². The van der Waals surface area contributed by atoms with Crippen LogP contribution < -0.4 is 10.9 Å². The van der Waals surface area contributed by atoms with E-state index in [1.807, 2.05) is 64.1 Å². The first-order valence-electron chi connectivity index (χ1n) is 9.21. The summed E-state index contributed by atoms with van der Waals surface area (Å²) in [7, 11) is 0. The average molecular weight is 374 g/mol. The fourth-order valence-electron chi connectivity index (χ4n) is 3.80. The summed E-state index contributed by atoms with van der Waals surface area (Å²) in [6, 6.07) is 13.2. The summed E-state index contributed by atoms with van der Waals surface area (Å²) in [6.07, 6.45) is 0. The van der Waals surface area contributed by atoms with E-state index >= 15 is 0 Å². The highest BCUT2D eigenvalue weighted by Crippen LogP contribution is 2.22. The topological polar surface area (TPSA) is 68.4 Å². The van der Waals surface area contributed by atoms with Crippen LogP contribution in [-0.4, -0.2) is 20.1 Å². The van der Waals surface area contributed by atoms with Crippen LogP contribution in [0.15, 0.2) is 47.3 Å². The van der Waals surface area contributed by atoms with Crippen LogP contribution in [0.2, 0.25) is 0 Å². The van der Waals surface area contributed by atoms with Gasteiger partial charge in [0, 0.05) is 11.8 Å². The van der Waals surface area contributed by atoms with E-state index in [0.717, 1.165) is 33.6 Å². The zero-order chi connectivity index (χ0) is 20.0. The summed E-state index contributed by atoms with van der Waals surface area (Å²) < 4.78 is 3.21. The highest BCUT2D eigenvalue weighted by atomic mass is 16.2. The van der Waals surface area contributed by atoms with Gasteiger partial charge in [0.25, 0.3) is 5.56 Å². The van der Waals surface area contributed by atoms with Gasteiger partial charge in [-0.1, -0.05) is 29.8 Å². The lowest BCUT2D eigenvalue weighted by Gasteiger charge is -2.14. The molecule has 142 valence electrons. The van der Waals surface area contributed by atoms with E-state index in [-0.39, 0.29) is 18.0 Å². The molecule has 6 nitrogen and oxygen atoms in total. The molecule has 0 unspecified atom stereocenters. The molecule has 4 rings (SSSR count). The molecule has 0 fully saturated rings. The summed E-state index contributed by atoms with van der Waals surface area (Å²) in [5.41, 5.74) is 5.88. The molecule has 2 heterocycles. The Kier molecular flexibility index (Phi) is 4.26. The molecule has 2 aromatic heterocycles. The number of carbonyl (C=O) groups excluding carboxylic acids is 1. The average Bonchev–Trinajstić information content (AvgIpc) is 3.03.